The van der Waals surface area contributed by atoms with E-state index in [1.54, 1.807) is 4.90 Å². The molecule has 0 bridgehead atoms. The van der Waals surface area contributed by atoms with Gasteiger partial charge in [0.1, 0.15) is 6.54 Å². The number of para-hydroxylation sites is 2. The number of benzene rings is 1. The number of hydrogen-bond donors (Lipinski definition) is 1. The van der Waals surface area contributed by atoms with E-state index in [1.807, 2.05) is 24.3 Å². The predicted octanol–water partition coefficient (Wildman–Crippen LogP) is 1.63. The van der Waals surface area contributed by atoms with Gasteiger partial charge in [0.15, 0.2) is 0 Å². The van der Waals surface area contributed by atoms with Gasteiger partial charge in [0.05, 0.1) is 11.4 Å². The van der Waals surface area contributed by atoms with Crippen molar-refractivity contribution in [1.82, 2.24) is 0 Å². The van der Waals surface area contributed by atoms with Crippen LogP contribution in [0.4, 0.5) is 11.4 Å². The van der Waals surface area contributed by atoms with Gasteiger partial charge in [0.2, 0.25) is 11.8 Å². The van der Waals surface area contributed by atoms with E-state index in [0.717, 1.165) is 17.8 Å². The molecular weight excluding hydrogens is 216 g/mol. The van der Waals surface area contributed by atoms with Gasteiger partial charge in [-0.15, -0.1) is 0 Å². The molecule has 1 aliphatic carbocycles. The van der Waals surface area contributed by atoms with Gasteiger partial charge in [0, 0.05) is 5.92 Å². The minimum atomic E-state index is -0.120. The quantitative estimate of drug-likeness (QED) is 0.797. The molecule has 4 heteroatoms. The first-order valence-corrected chi connectivity index (χ1v) is 5.87. The Bertz CT molecular complexity index is 498. The summed E-state index contributed by atoms with van der Waals surface area (Å²) in [6, 6.07) is 7.43. The standard InChI is InChI=1S/C13H14N2O2/c1-8-6-9(8)13(17)15-7-12(16)14-10-4-2-3-5-11(10)15/h2-5,8-9H,6-7H2,1H3,(H,14,16). The number of anilines is 2. The van der Waals surface area contributed by atoms with Crippen molar-refractivity contribution in [2.75, 3.05) is 16.8 Å². The van der Waals surface area contributed by atoms with Gasteiger partial charge < -0.3 is 10.2 Å². The maximum atomic E-state index is 12.2. The second kappa shape index (κ2) is 3.58. The summed E-state index contributed by atoms with van der Waals surface area (Å²) in [4.78, 5) is 25.4. The highest BCUT2D eigenvalue weighted by Crippen LogP contribution is 2.41. The molecule has 4 nitrogen and oxygen atoms in total. The smallest absolute Gasteiger partial charge is 0.244 e. The summed E-state index contributed by atoms with van der Waals surface area (Å²) in [7, 11) is 0. The molecule has 1 N–H and O–H groups in total. The van der Waals surface area contributed by atoms with Crippen molar-refractivity contribution in [2.24, 2.45) is 11.8 Å². The van der Waals surface area contributed by atoms with Gasteiger partial charge in [-0.3, -0.25) is 9.59 Å². The van der Waals surface area contributed by atoms with E-state index in [9.17, 15) is 9.59 Å². The van der Waals surface area contributed by atoms with Crippen LogP contribution in [0.25, 0.3) is 0 Å². The average Bonchev–Trinajstić information content (AvgIpc) is 3.04. The maximum Gasteiger partial charge on any atom is 0.244 e. The topological polar surface area (TPSA) is 49.4 Å². The normalized spacial score (nSPS) is 26.2. The fourth-order valence-electron chi connectivity index (χ4n) is 2.30. The number of rotatable bonds is 1. The highest BCUT2D eigenvalue weighted by molar-refractivity contribution is 6.10. The zero-order valence-electron chi connectivity index (χ0n) is 9.64. The lowest BCUT2D eigenvalue weighted by molar-refractivity contribution is -0.122. The van der Waals surface area contributed by atoms with Crippen LogP contribution in [0.5, 0.6) is 0 Å². The van der Waals surface area contributed by atoms with Crippen LogP contribution in [0.2, 0.25) is 0 Å². The minimum Gasteiger partial charge on any atom is -0.323 e. The lowest BCUT2D eigenvalue weighted by Gasteiger charge is -2.29. The van der Waals surface area contributed by atoms with Crippen molar-refractivity contribution in [3.05, 3.63) is 24.3 Å². The third-order valence-electron chi connectivity index (χ3n) is 3.46. The van der Waals surface area contributed by atoms with Gasteiger partial charge in [0.25, 0.3) is 0 Å². The molecule has 2 atom stereocenters. The van der Waals surface area contributed by atoms with Crippen LogP contribution in [0, 0.1) is 11.8 Å². The van der Waals surface area contributed by atoms with Crippen LogP contribution >= 0.6 is 0 Å². The maximum absolute atomic E-state index is 12.2. The highest BCUT2D eigenvalue weighted by atomic mass is 16.2. The fourth-order valence-corrected chi connectivity index (χ4v) is 2.30. The molecule has 1 aromatic carbocycles. The molecule has 2 unspecified atom stereocenters. The molecule has 1 aromatic rings. The van der Waals surface area contributed by atoms with Gasteiger partial charge in [-0.05, 0) is 24.5 Å². The second-order valence-corrected chi connectivity index (χ2v) is 4.81. The number of carbonyl (C=O) groups is 2. The fraction of sp³-hybridized carbons (Fsp3) is 0.385. The third kappa shape index (κ3) is 1.69. The van der Waals surface area contributed by atoms with Gasteiger partial charge in [-0.25, -0.2) is 0 Å². The summed E-state index contributed by atoms with van der Waals surface area (Å²) < 4.78 is 0. The van der Waals surface area contributed by atoms with E-state index < -0.39 is 0 Å². The molecule has 1 aliphatic heterocycles. The first kappa shape index (κ1) is 10.3. The number of amides is 2. The average molecular weight is 230 g/mol. The largest absolute Gasteiger partial charge is 0.323 e. The molecule has 3 rings (SSSR count). The van der Waals surface area contributed by atoms with Crippen LogP contribution in [0.1, 0.15) is 13.3 Å². The van der Waals surface area contributed by atoms with E-state index in [-0.39, 0.29) is 24.3 Å². The van der Waals surface area contributed by atoms with E-state index in [1.165, 1.54) is 0 Å². The molecular formula is C13H14N2O2. The molecule has 0 radical (unpaired) electrons. The summed E-state index contributed by atoms with van der Waals surface area (Å²) in [5.41, 5.74) is 1.54. The number of nitrogens with zero attached hydrogens (tertiary/aromatic N) is 1. The SMILES string of the molecule is CC1CC1C(=O)N1CC(=O)Nc2ccccc21. The van der Waals surface area contributed by atoms with Crippen molar-refractivity contribution in [2.45, 2.75) is 13.3 Å². The monoisotopic (exact) mass is 230 g/mol. The first-order valence-electron chi connectivity index (χ1n) is 5.87. The first-order chi connectivity index (χ1) is 8.16. The van der Waals surface area contributed by atoms with Gasteiger partial charge in [-0.1, -0.05) is 19.1 Å². The number of carbonyl (C=O) groups excluding carboxylic acids is 2. The summed E-state index contributed by atoms with van der Waals surface area (Å²) in [5.74, 6) is 0.527. The summed E-state index contributed by atoms with van der Waals surface area (Å²) >= 11 is 0. The summed E-state index contributed by atoms with van der Waals surface area (Å²) in [5, 5.41) is 2.78. The van der Waals surface area contributed by atoms with E-state index in [4.69, 9.17) is 0 Å². The summed E-state index contributed by atoms with van der Waals surface area (Å²) in [6.07, 6.45) is 0.944. The van der Waals surface area contributed by atoms with Crippen LogP contribution in [0.15, 0.2) is 24.3 Å². The van der Waals surface area contributed by atoms with Crippen molar-refractivity contribution in [1.29, 1.82) is 0 Å². The molecule has 88 valence electrons. The van der Waals surface area contributed by atoms with Crippen LogP contribution in [-0.2, 0) is 9.59 Å². The van der Waals surface area contributed by atoms with Crippen LogP contribution in [-0.4, -0.2) is 18.4 Å². The van der Waals surface area contributed by atoms with E-state index >= 15 is 0 Å². The Morgan fingerprint density at radius 2 is 2.12 bits per heavy atom. The zero-order chi connectivity index (χ0) is 12.0. The Morgan fingerprint density at radius 1 is 1.41 bits per heavy atom. The van der Waals surface area contributed by atoms with Crippen molar-refractivity contribution < 1.29 is 9.59 Å². The highest BCUT2D eigenvalue weighted by Gasteiger charge is 2.43. The third-order valence-corrected chi connectivity index (χ3v) is 3.46. The molecule has 0 saturated heterocycles. The lowest BCUT2D eigenvalue weighted by Crippen LogP contribution is -2.43. The van der Waals surface area contributed by atoms with Crippen molar-refractivity contribution >= 4 is 23.2 Å². The molecule has 17 heavy (non-hydrogen) atoms. The van der Waals surface area contributed by atoms with Crippen LogP contribution < -0.4 is 10.2 Å². The zero-order valence-corrected chi connectivity index (χ0v) is 9.64. The number of hydrogen-bond acceptors (Lipinski definition) is 2. The van der Waals surface area contributed by atoms with Crippen molar-refractivity contribution in [3.63, 3.8) is 0 Å². The molecule has 2 amide bonds. The van der Waals surface area contributed by atoms with Gasteiger partial charge >= 0.3 is 0 Å². The minimum absolute atomic E-state index is 0.0831. The number of fused-ring (bicyclic) bond motifs is 1. The Hall–Kier alpha value is -1.84. The van der Waals surface area contributed by atoms with Gasteiger partial charge in [-0.2, -0.15) is 0 Å². The Balaban J connectivity index is 1.95. The Labute approximate surface area is 99.6 Å². The molecule has 2 aliphatic rings. The number of nitrogens with one attached hydrogen (secondary N) is 1. The molecule has 1 saturated carbocycles. The predicted molar refractivity (Wildman–Crippen MR) is 64.7 cm³/mol. The van der Waals surface area contributed by atoms with Crippen LogP contribution in [0.3, 0.4) is 0 Å². The molecule has 0 aromatic heterocycles. The second-order valence-electron chi connectivity index (χ2n) is 4.81. The Morgan fingerprint density at radius 3 is 2.82 bits per heavy atom. The Kier molecular flexibility index (Phi) is 2.18. The molecule has 0 spiro atoms. The van der Waals surface area contributed by atoms with E-state index in [0.29, 0.717) is 5.92 Å². The lowest BCUT2D eigenvalue weighted by atomic mass is 10.1. The summed E-state index contributed by atoms with van der Waals surface area (Å²) in [6.45, 7) is 2.21. The van der Waals surface area contributed by atoms with Crippen molar-refractivity contribution in [3.8, 4) is 0 Å². The molecule has 1 heterocycles. The van der Waals surface area contributed by atoms with E-state index in [2.05, 4.69) is 12.2 Å². The molecule has 1 fully saturated rings.